The Morgan fingerprint density at radius 2 is 2.21 bits per heavy atom. The molecule has 7 nitrogen and oxygen atoms in total. The van der Waals surface area contributed by atoms with Crippen molar-refractivity contribution < 1.29 is 24.6 Å². The lowest BCUT2D eigenvalue weighted by Crippen LogP contribution is -2.61. The van der Waals surface area contributed by atoms with Gasteiger partial charge in [0, 0.05) is 17.5 Å². The number of aliphatic hydroxyl groups is 1. The van der Waals surface area contributed by atoms with Gasteiger partial charge < -0.3 is 20.4 Å². The van der Waals surface area contributed by atoms with E-state index in [0.29, 0.717) is 12.0 Å². The summed E-state index contributed by atoms with van der Waals surface area (Å²) in [5.74, 6) is -2.16. The van der Waals surface area contributed by atoms with E-state index in [9.17, 15) is 24.6 Å². The van der Waals surface area contributed by atoms with Gasteiger partial charge in [0.2, 0.25) is 11.8 Å². The van der Waals surface area contributed by atoms with Crippen molar-refractivity contribution in [2.24, 2.45) is 5.92 Å². The monoisotopic (exact) mass is 350 g/mol. The van der Waals surface area contributed by atoms with Crippen LogP contribution in [0.2, 0.25) is 0 Å². The lowest BCUT2D eigenvalue weighted by molar-refractivity contribution is -0.161. The number of hydrogen-bond acceptors (Lipinski definition) is 5. The van der Waals surface area contributed by atoms with E-state index in [1.54, 1.807) is 20.0 Å². The Hall–Kier alpha value is -2.19. The molecule has 2 amide bonds. The minimum Gasteiger partial charge on any atom is -0.477 e. The van der Waals surface area contributed by atoms with Crippen molar-refractivity contribution in [2.75, 3.05) is 7.05 Å². The maximum atomic E-state index is 12.2. The molecule has 3 heterocycles. The topological polar surface area (TPSA) is 107 Å². The molecule has 128 valence electrons. The average molecular weight is 350 g/mol. The van der Waals surface area contributed by atoms with Crippen LogP contribution in [0.25, 0.3) is 5.57 Å². The van der Waals surface area contributed by atoms with Crippen molar-refractivity contribution in [3.05, 3.63) is 27.6 Å². The first-order valence-electron chi connectivity index (χ1n) is 7.61. The van der Waals surface area contributed by atoms with Gasteiger partial charge in [0.25, 0.3) is 0 Å². The van der Waals surface area contributed by atoms with E-state index < -0.39 is 18.0 Å². The molecule has 0 aliphatic carbocycles. The van der Waals surface area contributed by atoms with E-state index in [1.165, 1.54) is 16.2 Å². The minimum absolute atomic E-state index is 0.00440. The fourth-order valence-electron chi connectivity index (χ4n) is 3.39. The number of likely N-dealkylation sites (N-methyl/N-ethyl adjacent to an activating group) is 1. The highest BCUT2D eigenvalue weighted by Gasteiger charge is 2.56. The predicted molar refractivity (Wildman–Crippen MR) is 87.1 cm³/mol. The van der Waals surface area contributed by atoms with Crippen LogP contribution >= 0.6 is 11.3 Å². The Morgan fingerprint density at radius 1 is 1.50 bits per heavy atom. The Kier molecular flexibility index (Phi) is 4.18. The zero-order valence-electron chi connectivity index (χ0n) is 13.3. The van der Waals surface area contributed by atoms with Crippen molar-refractivity contribution in [2.45, 2.75) is 31.9 Å². The molecule has 8 heteroatoms. The Labute approximate surface area is 142 Å². The molecular weight excluding hydrogens is 332 g/mol. The molecule has 0 saturated carbocycles. The maximum absolute atomic E-state index is 12.2. The molecule has 24 heavy (non-hydrogen) atoms. The number of nitrogens with one attached hydrogen (secondary N) is 1. The van der Waals surface area contributed by atoms with Crippen LogP contribution in [0.5, 0.6) is 0 Å². The van der Waals surface area contributed by atoms with Crippen LogP contribution in [0.1, 0.15) is 23.8 Å². The zero-order valence-corrected chi connectivity index (χ0v) is 14.1. The fraction of sp³-hybridized carbons (Fsp3) is 0.438. The summed E-state index contributed by atoms with van der Waals surface area (Å²) >= 11 is 1.36. The number of β-lactam (4-membered cyclic amide) rings is 1. The second kappa shape index (κ2) is 6.03. The van der Waals surface area contributed by atoms with Crippen molar-refractivity contribution >= 4 is 34.7 Å². The molecule has 2 aliphatic heterocycles. The second-order valence-corrected chi connectivity index (χ2v) is 6.96. The van der Waals surface area contributed by atoms with E-state index in [2.05, 4.69) is 5.32 Å². The molecule has 0 unspecified atom stereocenters. The quantitative estimate of drug-likeness (QED) is 0.668. The smallest absolute Gasteiger partial charge is 0.352 e. The number of aliphatic hydroxyl groups excluding tert-OH is 1. The van der Waals surface area contributed by atoms with Crippen molar-refractivity contribution in [1.29, 1.82) is 0 Å². The number of hydrogen-bond donors (Lipinski definition) is 3. The van der Waals surface area contributed by atoms with Gasteiger partial charge in [-0.15, -0.1) is 11.3 Å². The molecule has 1 fully saturated rings. The number of thiophene rings is 1. The molecule has 1 aromatic rings. The summed E-state index contributed by atoms with van der Waals surface area (Å²) < 4.78 is 0. The molecule has 1 saturated heterocycles. The maximum Gasteiger partial charge on any atom is 0.352 e. The summed E-state index contributed by atoms with van der Waals surface area (Å²) in [7, 11) is 1.56. The number of aliphatic carboxylic acids is 1. The first-order valence-corrected chi connectivity index (χ1v) is 8.49. The number of carbonyl (C=O) groups excluding carboxylic acids is 2. The molecule has 2 aliphatic rings. The van der Waals surface area contributed by atoms with Crippen LogP contribution < -0.4 is 5.32 Å². The van der Waals surface area contributed by atoms with Gasteiger partial charge >= 0.3 is 5.97 Å². The Balaban J connectivity index is 1.91. The SMILES string of the molecule is CNC(=O)Cc1csc(C2=C(C(=O)O)N3C(=O)[C@H]([C@@H](C)O)[C@H]3C2)c1. The van der Waals surface area contributed by atoms with Crippen LogP contribution in [-0.2, 0) is 20.8 Å². The first kappa shape index (κ1) is 16.7. The predicted octanol–water partition coefficient (Wildman–Crippen LogP) is 0.444. The van der Waals surface area contributed by atoms with E-state index in [4.69, 9.17) is 0 Å². The van der Waals surface area contributed by atoms with Crippen LogP contribution in [0.3, 0.4) is 0 Å². The third kappa shape index (κ3) is 2.51. The summed E-state index contributed by atoms with van der Waals surface area (Å²) in [4.78, 5) is 37.3. The minimum atomic E-state index is -1.15. The molecule has 0 aromatic carbocycles. The summed E-state index contributed by atoms with van der Waals surface area (Å²) in [6.07, 6.45) is -0.172. The van der Waals surface area contributed by atoms with E-state index in [1.807, 2.05) is 5.38 Å². The number of rotatable bonds is 5. The van der Waals surface area contributed by atoms with Gasteiger partial charge in [0.05, 0.1) is 24.5 Å². The first-order chi connectivity index (χ1) is 11.3. The fourth-order valence-corrected chi connectivity index (χ4v) is 4.36. The summed E-state index contributed by atoms with van der Waals surface area (Å²) in [5.41, 5.74) is 1.40. The lowest BCUT2D eigenvalue weighted by Gasteiger charge is -2.44. The third-order valence-corrected chi connectivity index (χ3v) is 5.56. The van der Waals surface area contributed by atoms with E-state index in [0.717, 1.165) is 10.4 Å². The summed E-state index contributed by atoms with van der Waals surface area (Å²) in [5, 5.41) is 23.6. The number of fused-ring (bicyclic) bond motifs is 1. The van der Waals surface area contributed by atoms with Gasteiger partial charge in [-0.2, -0.15) is 0 Å². The molecule has 1 aromatic heterocycles. The van der Waals surface area contributed by atoms with Crippen LogP contribution in [-0.4, -0.2) is 52.1 Å². The number of nitrogens with zero attached hydrogens (tertiary/aromatic N) is 1. The van der Waals surface area contributed by atoms with E-state index in [-0.39, 0.29) is 30.0 Å². The van der Waals surface area contributed by atoms with Crippen molar-refractivity contribution in [3.63, 3.8) is 0 Å². The van der Waals surface area contributed by atoms with Crippen LogP contribution in [0.15, 0.2) is 17.1 Å². The number of amides is 2. The highest BCUT2D eigenvalue weighted by molar-refractivity contribution is 7.11. The molecule has 3 atom stereocenters. The van der Waals surface area contributed by atoms with Gasteiger partial charge in [0.1, 0.15) is 5.70 Å². The highest BCUT2D eigenvalue weighted by Crippen LogP contribution is 2.47. The molecule has 3 N–H and O–H groups in total. The van der Waals surface area contributed by atoms with Crippen LogP contribution in [0.4, 0.5) is 0 Å². The summed E-state index contributed by atoms with van der Waals surface area (Å²) in [6, 6.07) is 1.49. The summed E-state index contributed by atoms with van der Waals surface area (Å²) in [6.45, 7) is 1.55. The molecule has 0 spiro atoms. The molecule has 0 bridgehead atoms. The molecule has 0 radical (unpaired) electrons. The Morgan fingerprint density at radius 3 is 2.79 bits per heavy atom. The van der Waals surface area contributed by atoms with Gasteiger partial charge in [-0.3, -0.25) is 9.59 Å². The lowest BCUT2D eigenvalue weighted by atomic mass is 9.83. The number of carbonyl (C=O) groups is 3. The van der Waals surface area contributed by atoms with Gasteiger partial charge in [-0.25, -0.2) is 4.79 Å². The molecular formula is C16H18N2O5S. The van der Waals surface area contributed by atoms with Gasteiger partial charge in [0.15, 0.2) is 0 Å². The molecule has 3 rings (SSSR count). The third-order valence-electron chi connectivity index (χ3n) is 4.53. The standard InChI is InChI=1S/C16H18N2O5S/c1-7(19)13-10-5-9(14(16(22)23)18(10)15(13)21)11-3-8(6-24-11)4-12(20)17-2/h3,6-7,10,13,19H,4-5H2,1-2H3,(H,17,20)(H,22,23)/t7-,10-,13-/m1/s1. The number of carboxylic acids is 1. The highest BCUT2D eigenvalue weighted by atomic mass is 32.1. The second-order valence-electron chi connectivity index (χ2n) is 6.05. The van der Waals surface area contributed by atoms with Crippen molar-refractivity contribution in [3.8, 4) is 0 Å². The van der Waals surface area contributed by atoms with E-state index >= 15 is 0 Å². The zero-order chi connectivity index (χ0) is 17.6. The van der Waals surface area contributed by atoms with Gasteiger partial charge in [-0.1, -0.05) is 0 Å². The van der Waals surface area contributed by atoms with Crippen LogP contribution in [0, 0.1) is 5.92 Å². The van der Waals surface area contributed by atoms with Gasteiger partial charge in [-0.05, 0) is 30.4 Å². The number of carboxylic acid groups (broad SMARTS) is 1. The largest absolute Gasteiger partial charge is 0.477 e. The Bertz CT molecular complexity index is 751. The van der Waals surface area contributed by atoms with Crippen molar-refractivity contribution in [1.82, 2.24) is 10.2 Å². The normalized spacial score (nSPS) is 23.8. The average Bonchev–Trinajstić information content (AvgIpc) is 3.08.